The zero-order valence-corrected chi connectivity index (χ0v) is 21.8. The Morgan fingerprint density at radius 3 is 2.70 bits per heavy atom. The maximum atomic E-state index is 14.1. The number of carbonyl (C=O) groups excluding carboxylic acids is 1. The van der Waals surface area contributed by atoms with Crippen LogP contribution in [0, 0.1) is 17.7 Å². The molecule has 5 nitrogen and oxygen atoms in total. The van der Waals surface area contributed by atoms with E-state index in [1.165, 1.54) is 54.8 Å². The molecular weight excluding hydrogens is 465 g/mol. The summed E-state index contributed by atoms with van der Waals surface area (Å²) in [6, 6.07) is 13.3. The maximum absolute atomic E-state index is 14.1. The van der Waals surface area contributed by atoms with Crippen LogP contribution in [0.5, 0.6) is 0 Å². The number of halogens is 1. The molecule has 0 spiro atoms. The molecule has 3 aliphatic heterocycles. The number of nitrogens with zero attached hydrogens (tertiary/aromatic N) is 2. The summed E-state index contributed by atoms with van der Waals surface area (Å²) in [5.41, 5.74) is 5.46. The van der Waals surface area contributed by atoms with Gasteiger partial charge in [-0.1, -0.05) is 43.5 Å². The van der Waals surface area contributed by atoms with E-state index in [-0.39, 0.29) is 42.1 Å². The Labute approximate surface area is 218 Å². The third-order valence-corrected chi connectivity index (χ3v) is 9.69. The van der Waals surface area contributed by atoms with Crippen molar-refractivity contribution in [3.05, 3.63) is 59.5 Å². The monoisotopic (exact) mass is 501 g/mol. The number of aromatic amines is 1. The molecule has 2 saturated heterocycles. The van der Waals surface area contributed by atoms with Gasteiger partial charge in [0.1, 0.15) is 12.0 Å². The molecule has 2 aromatic carbocycles. The predicted octanol–water partition coefficient (Wildman–Crippen LogP) is 6.05. The Balaban J connectivity index is 1.27. The van der Waals surface area contributed by atoms with Crippen molar-refractivity contribution in [2.45, 2.75) is 76.3 Å². The van der Waals surface area contributed by atoms with E-state index in [2.05, 4.69) is 40.9 Å². The van der Waals surface area contributed by atoms with Gasteiger partial charge in [-0.05, 0) is 80.5 Å². The number of piperidine rings is 1. The lowest BCUT2D eigenvalue weighted by atomic mass is 9.76. The molecule has 0 radical (unpaired) electrons. The number of carbonyl (C=O) groups is 1. The minimum atomic E-state index is -0.224. The van der Waals surface area contributed by atoms with Crippen LogP contribution in [0.4, 0.5) is 4.39 Å². The van der Waals surface area contributed by atoms with Gasteiger partial charge in [-0.2, -0.15) is 0 Å². The second-order valence-electron chi connectivity index (χ2n) is 11.7. The number of fused-ring (bicyclic) bond motifs is 6. The number of aromatic nitrogens is 1. The molecule has 5 atom stereocenters. The lowest BCUT2D eigenvalue weighted by Gasteiger charge is -2.55. The van der Waals surface area contributed by atoms with Crippen LogP contribution in [-0.2, 0) is 16.0 Å². The van der Waals surface area contributed by atoms with Crippen LogP contribution in [0.15, 0.2) is 42.5 Å². The van der Waals surface area contributed by atoms with Crippen LogP contribution >= 0.6 is 0 Å². The Morgan fingerprint density at radius 1 is 1.08 bits per heavy atom. The second kappa shape index (κ2) is 8.95. The smallest absolute Gasteiger partial charge is 0.230 e. The third kappa shape index (κ3) is 3.67. The SMILES string of the molecule is C[C@@H]1OC(C2CCCCC2)N(C)[C@H]2C[C@H]3c4[nH]c5cccc(-c6cccc(F)c6)c5c4CCN3C(=O)[C@@H]12. The average Bonchev–Trinajstić information content (AvgIpc) is 3.30. The number of ether oxygens (including phenoxy) is 1. The van der Waals surface area contributed by atoms with Crippen LogP contribution < -0.4 is 0 Å². The standard InChI is InChI=1S/C31H36FN3O2/c1-18-27-25(34(2)31(37-18)19-8-4-3-5-9-19)17-26-29-23(14-15-35(26)30(27)36)28-22(12-7-13-24(28)33-29)20-10-6-11-21(32)16-20/h6-7,10-13,16,18-19,25-27,31,33H,3-5,8-9,14-15,17H2,1-2H3/t18-,25-,26-,27-,31?/m0/s1. The Bertz CT molecular complexity index is 1350. The summed E-state index contributed by atoms with van der Waals surface area (Å²) in [7, 11) is 2.18. The molecule has 4 aliphatic rings. The Kier molecular flexibility index (Phi) is 5.67. The molecular formula is C31H36FN3O2. The minimum absolute atomic E-state index is 0.0324. The lowest BCUT2D eigenvalue weighted by molar-refractivity contribution is -0.220. The molecule has 6 heteroatoms. The van der Waals surface area contributed by atoms with Crippen molar-refractivity contribution in [1.29, 1.82) is 0 Å². The van der Waals surface area contributed by atoms with Gasteiger partial charge in [0.05, 0.1) is 18.1 Å². The molecule has 7 rings (SSSR count). The van der Waals surface area contributed by atoms with Gasteiger partial charge in [0.2, 0.25) is 5.91 Å². The van der Waals surface area contributed by atoms with E-state index < -0.39 is 0 Å². The summed E-state index contributed by atoms with van der Waals surface area (Å²) in [5, 5.41) is 1.17. The van der Waals surface area contributed by atoms with E-state index in [1.54, 1.807) is 12.1 Å². The number of H-pyrrole nitrogens is 1. The normalized spacial score (nSPS) is 30.7. The minimum Gasteiger partial charge on any atom is -0.359 e. The second-order valence-corrected chi connectivity index (χ2v) is 11.7. The molecule has 0 bridgehead atoms. The summed E-state index contributed by atoms with van der Waals surface area (Å²) in [5.74, 6) is 0.449. The zero-order valence-electron chi connectivity index (χ0n) is 21.8. The maximum Gasteiger partial charge on any atom is 0.230 e. The largest absolute Gasteiger partial charge is 0.359 e. The molecule has 1 aliphatic carbocycles. The van der Waals surface area contributed by atoms with Crippen LogP contribution in [0.1, 0.15) is 62.7 Å². The van der Waals surface area contributed by atoms with E-state index in [0.29, 0.717) is 12.5 Å². The van der Waals surface area contributed by atoms with Gasteiger partial charge in [-0.15, -0.1) is 0 Å². The van der Waals surface area contributed by atoms with Gasteiger partial charge in [0, 0.05) is 29.2 Å². The topological polar surface area (TPSA) is 48.6 Å². The quantitative estimate of drug-likeness (QED) is 0.465. The van der Waals surface area contributed by atoms with Crippen molar-refractivity contribution in [1.82, 2.24) is 14.8 Å². The molecule has 1 aromatic heterocycles. The van der Waals surface area contributed by atoms with Crippen LogP contribution in [0.2, 0.25) is 0 Å². The molecule has 1 saturated carbocycles. The highest BCUT2D eigenvalue weighted by molar-refractivity contribution is 5.99. The lowest BCUT2D eigenvalue weighted by Crippen LogP contribution is -2.65. The number of rotatable bonds is 2. The van der Waals surface area contributed by atoms with Crippen LogP contribution in [0.3, 0.4) is 0 Å². The molecule has 3 fully saturated rings. The van der Waals surface area contributed by atoms with Crippen LogP contribution in [-0.4, -0.2) is 52.7 Å². The van der Waals surface area contributed by atoms with Gasteiger partial charge < -0.3 is 14.6 Å². The number of hydrogen-bond donors (Lipinski definition) is 1. The van der Waals surface area contributed by atoms with Crippen molar-refractivity contribution >= 4 is 16.8 Å². The molecule has 1 amide bonds. The van der Waals surface area contributed by atoms with Crippen molar-refractivity contribution in [2.75, 3.05) is 13.6 Å². The van der Waals surface area contributed by atoms with Gasteiger partial charge in [0.25, 0.3) is 0 Å². The average molecular weight is 502 g/mol. The van der Waals surface area contributed by atoms with Gasteiger partial charge in [-0.3, -0.25) is 9.69 Å². The van der Waals surface area contributed by atoms with Gasteiger partial charge in [0.15, 0.2) is 0 Å². The predicted molar refractivity (Wildman–Crippen MR) is 142 cm³/mol. The van der Waals surface area contributed by atoms with E-state index in [0.717, 1.165) is 29.5 Å². The highest BCUT2D eigenvalue weighted by atomic mass is 19.1. The first-order valence-electron chi connectivity index (χ1n) is 14.1. The molecule has 37 heavy (non-hydrogen) atoms. The molecule has 1 N–H and O–H groups in total. The molecule has 3 aromatic rings. The molecule has 4 heterocycles. The summed E-state index contributed by atoms with van der Waals surface area (Å²) in [6.45, 7) is 2.83. The summed E-state index contributed by atoms with van der Waals surface area (Å²) in [6.07, 6.45) is 8.08. The van der Waals surface area contributed by atoms with Gasteiger partial charge >= 0.3 is 0 Å². The fourth-order valence-corrected chi connectivity index (χ4v) is 7.95. The first-order chi connectivity index (χ1) is 18.0. The first-order valence-corrected chi connectivity index (χ1v) is 14.1. The van der Waals surface area contributed by atoms with Crippen LogP contribution in [0.25, 0.3) is 22.0 Å². The van der Waals surface area contributed by atoms with Crippen molar-refractivity contribution in [3.63, 3.8) is 0 Å². The Morgan fingerprint density at radius 2 is 1.89 bits per heavy atom. The van der Waals surface area contributed by atoms with Gasteiger partial charge in [-0.25, -0.2) is 4.39 Å². The summed E-state index contributed by atoms with van der Waals surface area (Å²) in [4.78, 5) is 22.2. The van der Waals surface area contributed by atoms with E-state index >= 15 is 0 Å². The summed E-state index contributed by atoms with van der Waals surface area (Å²) >= 11 is 0. The fraction of sp³-hybridized carbons (Fsp3) is 0.516. The summed E-state index contributed by atoms with van der Waals surface area (Å²) < 4.78 is 20.7. The molecule has 1 unspecified atom stereocenters. The van der Waals surface area contributed by atoms with Crippen molar-refractivity contribution < 1.29 is 13.9 Å². The van der Waals surface area contributed by atoms with E-state index in [9.17, 15) is 9.18 Å². The fourth-order valence-electron chi connectivity index (χ4n) is 7.95. The van der Waals surface area contributed by atoms with Crippen molar-refractivity contribution in [2.24, 2.45) is 11.8 Å². The number of hydrogen-bond acceptors (Lipinski definition) is 3. The zero-order chi connectivity index (χ0) is 25.3. The third-order valence-electron chi connectivity index (χ3n) is 9.69. The van der Waals surface area contributed by atoms with E-state index in [4.69, 9.17) is 4.74 Å². The number of benzene rings is 2. The highest BCUT2D eigenvalue weighted by Crippen LogP contribution is 2.48. The van der Waals surface area contributed by atoms with E-state index in [1.807, 2.05) is 12.1 Å². The van der Waals surface area contributed by atoms with Crippen molar-refractivity contribution in [3.8, 4) is 11.1 Å². The number of nitrogens with one attached hydrogen (secondary N) is 1. The molecule has 194 valence electrons. The number of amides is 1. The highest BCUT2D eigenvalue weighted by Gasteiger charge is 2.53. The first kappa shape index (κ1) is 23.4. The Hall–Kier alpha value is -2.70.